The Hall–Kier alpha value is -1.64. The number of sulfonamides is 1. The Balaban J connectivity index is 3.35. The normalized spacial score (nSPS) is 12.5. The SMILES string of the molecule is COc1ccc(C(=O)O)cc1S(=O)(=O)N(C)CC(C)(C)O. The molecule has 1 aromatic rings. The van der Waals surface area contributed by atoms with Crippen molar-refractivity contribution in [3.8, 4) is 5.75 Å². The quantitative estimate of drug-likeness (QED) is 0.803. The minimum absolute atomic E-state index is 0.0441. The van der Waals surface area contributed by atoms with Crippen LogP contribution < -0.4 is 4.74 Å². The predicted octanol–water partition coefficient (Wildman–Crippen LogP) is 0.785. The second kappa shape index (κ2) is 6.00. The van der Waals surface area contributed by atoms with Crippen molar-refractivity contribution in [3.05, 3.63) is 23.8 Å². The second-order valence-corrected chi connectivity index (χ2v) is 7.26. The lowest BCUT2D eigenvalue weighted by Gasteiger charge is -2.25. The maximum Gasteiger partial charge on any atom is 0.335 e. The van der Waals surface area contributed by atoms with Gasteiger partial charge in [-0.25, -0.2) is 13.2 Å². The molecule has 0 aliphatic carbocycles. The second-order valence-electron chi connectivity index (χ2n) is 5.24. The third-order valence-corrected chi connectivity index (χ3v) is 4.53. The van der Waals surface area contributed by atoms with E-state index in [0.717, 1.165) is 10.4 Å². The van der Waals surface area contributed by atoms with Crippen molar-refractivity contribution in [2.24, 2.45) is 0 Å². The van der Waals surface area contributed by atoms with Crippen molar-refractivity contribution < 1.29 is 28.2 Å². The van der Waals surface area contributed by atoms with Crippen LogP contribution >= 0.6 is 0 Å². The number of nitrogens with zero attached hydrogens (tertiary/aromatic N) is 1. The maximum absolute atomic E-state index is 12.5. The molecule has 0 atom stereocenters. The molecule has 1 rings (SSSR count). The van der Waals surface area contributed by atoms with Gasteiger partial charge in [0.05, 0.1) is 18.3 Å². The summed E-state index contributed by atoms with van der Waals surface area (Å²) in [5, 5.41) is 18.7. The largest absolute Gasteiger partial charge is 0.495 e. The van der Waals surface area contributed by atoms with Gasteiger partial charge in [0.25, 0.3) is 0 Å². The Morgan fingerprint density at radius 1 is 1.38 bits per heavy atom. The smallest absolute Gasteiger partial charge is 0.335 e. The van der Waals surface area contributed by atoms with Crippen LogP contribution in [0, 0.1) is 0 Å². The van der Waals surface area contributed by atoms with Gasteiger partial charge in [-0.05, 0) is 32.0 Å². The van der Waals surface area contributed by atoms with E-state index in [4.69, 9.17) is 9.84 Å². The zero-order valence-electron chi connectivity index (χ0n) is 12.3. The molecule has 118 valence electrons. The first-order valence-corrected chi connectivity index (χ1v) is 7.53. The van der Waals surface area contributed by atoms with Gasteiger partial charge in [-0.3, -0.25) is 0 Å². The molecular weight excluding hydrogens is 298 g/mol. The summed E-state index contributed by atoms with van der Waals surface area (Å²) in [5.41, 5.74) is -1.38. The number of methoxy groups -OCH3 is 1. The third-order valence-electron chi connectivity index (χ3n) is 2.71. The highest BCUT2D eigenvalue weighted by Gasteiger charge is 2.29. The number of rotatable bonds is 6. The van der Waals surface area contributed by atoms with E-state index in [2.05, 4.69) is 0 Å². The number of likely N-dealkylation sites (N-methyl/N-ethyl adjacent to an activating group) is 1. The summed E-state index contributed by atoms with van der Waals surface area (Å²) >= 11 is 0. The van der Waals surface area contributed by atoms with Crippen LogP contribution in [-0.2, 0) is 10.0 Å². The van der Waals surface area contributed by atoms with Crippen LogP contribution in [0.2, 0.25) is 0 Å². The van der Waals surface area contributed by atoms with Crippen molar-refractivity contribution in [1.82, 2.24) is 4.31 Å². The van der Waals surface area contributed by atoms with Crippen molar-refractivity contribution in [1.29, 1.82) is 0 Å². The topological polar surface area (TPSA) is 104 Å². The van der Waals surface area contributed by atoms with Crippen LogP contribution in [0.15, 0.2) is 23.1 Å². The van der Waals surface area contributed by atoms with Crippen LogP contribution in [0.4, 0.5) is 0 Å². The van der Waals surface area contributed by atoms with Gasteiger partial charge in [0.2, 0.25) is 10.0 Å². The Morgan fingerprint density at radius 3 is 2.38 bits per heavy atom. The molecule has 1 aromatic carbocycles. The average Bonchev–Trinajstić information content (AvgIpc) is 2.35. The Labute approximate surface area is 123 Å². The highest BCUT2D eigenvalue weighted by molar-refractivity contribution is 7.89. The molecule has 0 radical (unpaired) electrons. The molecule has 0 aliphatic heterocycles. The fourth-order valence-corrected chi connectivity index (χ4v) is 3.31. The van der Waals surface area contributed by atoms with E-state index >= 15 is 0 Å². The van der Waals surface area contributed by atoms with E-state index in [1.807, 2.05) is 0 Å². The highest BCUT2D eigenvalue weighted by atomic mass is 32.2. The first-order chi connectivity index (χ1) is 9.49. The molecule has 0 fully saturated rings. The zero-order chi connectivity index (χ0) is 16.4. The van der Waals surface area contributed by atoms with E-state index in [1.165, 1.54) is 40.1 Å². The van der Waals surface area contributed by atoms with Crippen LogP contribution in [0.25, 0.3) is 0 Å². The molecule has 0 spiro atoms. The Morgan fingerprint density at radius 2 is 1.95 bits per heavy atom. The van der Waals surface area contributed by atoms with Crippen LogP contribution in [-0.4, -0.2) is 55.2 Å². The molecule has 0 saturated carbocycles. The Bertz CT molecular complexity index is 633. The maximum atomic E-state index is 12.5. The predicted molar refractivity (Wildman–Crippen MR) is 76.1 cm³/mol. The summed E-state index contributed by atoms with van der Waals surface area (Å²) in [7, 11) is -1.38. The fraction of sp³-hybridized carbons (Fsp3) is 0.462. The van der Waals surface area contributed by atoms with Crippen molar-refractivity contribution in [2.45, 2.75) is 24.3 Å². The minimum Gasteiger partial charge on any atom is -0.495 e. The summed E-state index contributed by atoms with van der Waals surface area (Å²) in [4.78, 5) is 10.7. The lowest BCUT2D eigenvalue weighted by Crippen LogP contribution is -2.39. The summed E-state index contributed by atoms with van der Waals surface area (Å²) in [6.45, 7) is 2.81. The molecule has 0 bridgehead atoms. The Kier molecular flexibility index (Phi) is 4.98. The van der Waals surface area contributed by atoms with Crippen molar-refractivity contribution in [2.75, 3.05) is 20.7 Å². The van der Waals surface area contributed by atoms with Gasteiger partial charge in [0.1, 0.15) is 10.6 Å². The van der Waals surface area contributed by atoms with E-state index in [0.29, 0.717) is 0 Å². The molecule has 0 aliphatic rings. The van der Waals surface area contributed by atoms with Gasteiger partial charge < -0.3 is 14.9 Å². The lowest BCUT2D eigenvalue weighted by atomic mass is 10.1. The first kappa shape index (κ1) is 17.4. The molecule has 7 nitrogen and oxygen atoms in total. The summed E-state index contributed by atoms with van der Waals surface area (Å²) < 4.78 is 31.0. The fourth-order valence-electron chi connectivity index (χ4n) is 1.81. The number of carboxylic acids is 1. The minimum atomic E-state index is -3.99. The summed E-state index contributed by atoms with van der Waals surface area (Å²) in [6, 6.07) is 3.59. The van der Waals surface area contributed by atoms with Crippen molar-refractivity contribution >= 4 is 16.0 Å². The number of hydrogen-bond donors (Lipinski definition) is 2. The van der Waals surface area contributed by atoms with Gasteiger partial charge >= 0.3 is 5.97 Å². The molecule has 0 heterocycles. The van der Waals surface area contributed by atoms with Gasteiger partial charge in [-0.15, -0.1) is 0 Å². The number of benzene rings is 1. The van der Waals surface area contributed by atoms with Crippen LogP contribution in [0.3, 0.4) is 0 Å². The number of carboxylic acid groups (broad SMARTS) is 1. The standard InChI is InChI=1S/C13H19NO6S/c1-13(2,17)8-14(3)21(18,19)11-7-9(12(15)16)5-6-10(11)20-4/h5-7,17H,8H2,1-4H3,(H,15,16). The van der Waals surface area contributed by atoms with Gasteiger partial charge in [0, 0.05) is 13.6 Å². The molecule has 0 unspecified atom stereocenters. The van der Waals surface area contributed by atoms with Crippen LogP contribution in [0.5, 0.6) is 5.75 Å². The van der Waals surface area contributed by atoms with Gasteiger partial charge in [0.15, 0.2) is 0 Å². The third kappa shape index (κ3) is 4.16. The van der Waals surface area contributed by atoms with E-state index in [1.54, 1.807) is 0 Å². The van der Waals surface area contributed by atoms with Gasteiger partial charge in [-0.1, -0.05) is 0 Å². The van der Waals surface area contributed by atoms with E-state index in [-0.39, 0.29) is 22.8 Å². The first-order valence-electron chi connectivity index (χ1n) is 6.09. The molecule has 0 amide bonds. The molecule has 0 aromatic heterocycles. The lowest BCUT2D eigenvalue weighted by molar-refractivity contribution is 0.0638. The highest BCUT2D eigenvalue weighted by Crippen LogP contribution is 2.28. The summed E-state index contributed by atoms with van der Waals surface area (Å²) in [5.74, 6) is -1.19. The molecule has 8 heteroatoms. The number of carbonyl (C=O) groups is 1. The molecular formula is C13H19NO6S. The van der Waals surface area contributed by atoms with Gasteiger partial charge in [-0.2, -0.15) is 4.31 Å². The van der Waals surface area contributed by atoms with E-state index in [9.17, 15) is 18.3 Å². The molecule has 2 N–H and O–H groups in total. The van der Waals surface area contributed by atoms with E-state index < -0.39 is 21.6 Å². The molecule has 0 saturated heterocycles. The molecule has 21 heavy (non-hydrogen) atoms. The monoisotopic (exact) mass is 317 g/mol. The van der Waals surface area contributed by atoms with Crippen molar-refractivity contribution in [3.63, 3.8) is 0 Å². The van der Waals surface area contributed by atoms with Crippen LogP contribution in [0.1, 0.15) is 24.2 Å². The number of hydrogen-bond acceptors (Lipinski definition) is 5. The zero-order valence-corrected chi connectivity index (χ0v) is 13.1. The number of ether oxygens (including phenoxy) is 1. The summed E-state index contributed by atoms with van der Waals surface area (Å²) in [6.07, 6.45) is 0. The number of aliphatic hydroxyl groups is 1. The number of aromatic carboxylic acids is 1. The average molecular weight is 317 g/mol.